The molecule has 0 saturated carbocycles. The highest BCUT2D eigenvalue weighted by Gasteiger charge is 2.18. The van der Waals surface area contributed by atoms with Gasteiger partial charge in [0.25, 0.3) is 5.91 Å². The van der Waals surface area contributed by atoms with Crippen molar-refractivity contribution in [3.05, 3.63) is 89.4 Å². The first kappa shape index (κ1) is 18.1. The van der Waals surface area contributed by atoms with Gasteiger partial charge in [0.2, 0.25) is 0 Å². The highest BCUT2D eigenvalue weighted by Crippen LogP contribution is 2.22. The molecule has 0 unspecified atom stereocenters. The first-order chi connectivity index (χ1) is 14.1. The monoisotopic (exact) mass is 384 g/mol. The lowest BCUT2D eigenvalue weighted by atomic mass is 10.1. The molecule has 3 N–H and O–H groups in total. The molecular formula is C22H16N4O3. The van der Waals surface area contributed by atoms with Crippen molar-refractivity contribution in [1.82, 2.24) is 15.2 Å². The number of hydrogen-bond acceptors (Lipinski definition) is 4. The summed E-state index contributed by atoms with van der Waals surface area (Å²) in [5.74, 6) is -1.80. The van der Waals surface area contributed by atoms with Crippen molar-refractivity contribution in [3.63, 3.8) is 0 Å². The van der Waals surface area contributed by atoms with Crippen molar-refractivity contribution in [2.24, 2.45) is 0 Å². The van der Waals surface area contributed by atoms with Crippen LogP contribution in [-0.4, -0.2) is 32.2 Å². The van der Waals surface area contributed by atoms with Crippen LogP contribution in [0.5, 0.6) is 0 Å². The summed E-state index contributed by atoms with van der Waals surface area (Å²) in [6, 6.07) is 18.0. The van der Waals surface area contributed by atoms with Crippen molar-refractivity contribution in [2.45, 2.75) is 0 Å². The number of H-pyrrole nitrogens is 1. The third-order valence-corrected chi connectivity index (χ3v) is 4.38. The van der Waals surface area contributed by atoms with Crippen molar-refractivity contribution >= 4 is 40.6 Å². The van der Waals surface area contributed by atoms with E-state index in [1.165, 1.54) is 18.3 Å². The van der Waals surface area contributed by atoms with Gasteiger partial charge < -0.3 is 10.4 Å². The number of aromatic amines is 1. The molecular weight excluding hydrogens is 368 g/mol. The second-order valence-electron chi connectivity index (χ2n) is 6.23. The number of anilines is 1. The topological polar surface area (TPSA) is 108 Å². The maximum Gasteiger partial charge on any atom is 0.355 e. The lowest BCUT2D eigenvalue weighted by molar-refractivity contribution is 0.0686. The van der Waals surface area contributed by atoms with Gasteiger partial charge >= 0.3 is 5.97 Å². The second kappa shape index (κ2) is 7.77. The molecule has 0 aliphatic carbocycles. The summed E-state index contributed by atoms with van der Waals surface area (Å²) < 4.78 is 0. The summed E-state index contributed by atoms with van der Waals surface area (Å²) in [5, 5.41) is 20.3. The van der Waals surface area contributed by atoms with Crippen LogP contribution in [0.4, 0.5) is 5.69 Å². The molecule has 142 valence electrons. The summed E-state index contributed by atoms with van der Waals surface area (Å²) >= 11 is 0. The Kier molecular flexibility index (Phi) is 4.86. The fourth-order valence-corrected chi connectivity index (χ4v) is 2.99. The zero-order chi connectivity index (χ0) is 20.2. The number of fused-ring (bicyclic) bond motifs is 1. The molecule has 0 radical (unpaired) electrons. The van der Waals surface area contributed by atoms with E-state index in [1.54, 1.807) is 12.1 Å². The lowest BCUT2D eigenvalue weighted by Gasteiger charge is -2.09. The molecule has 2 aromatic heterocycles. The predicted octanol–water partition coefficient (Wildman–Crippen LogP) is 4.08. The minimum absolute atomic E-state index is 0.00271. The van der Waals surface area contributed by atoms with Gasteiger partial charge in [0.15, 0.2) is 5.69 Å². The highest BCUT2D eigenvalue weighted by atomic mass is 16.4. The summed E-state index contributed by atoms with van der Waals surface area (Å²) in [5.41, 5.74) is 2.73. The molecule has 0 aliphatic rings. The van der Waals surface area contributed by atoms with Crippen molar-refractivity contribution < 1.29 is 14.7 Å². The van der Waals surface area contributed by atoms with Crippen LogP contribution in [0.3, 0.4) is 0 Å². The molecule has 0 fully saturated rings. The number of carbonyl (C=O) groups is 2. The average molecular weight is 384 g/mol. The number of aromatic carboxylic acids is 1. The first-order valence-corrected chi connectivity index (χ1v) is 8.83. The zero-order valence-corrected chi connectivity index (χ0v) is 15.2. The number of pyridine rings is 1. The number of carboxylic acid groups (broad SMARTS) is 1. The quantitative estimate of drug-likeness (QED) is 0.480. The van der Waals surface area contributed by atoms with Gasteiger partial charge in [-0.05, 0) is 35.9 Å². The van der Waals surface area contributed by atoms with Crippen molar-refractivity contribution in [2.75, 3.05) is 5.32 Å². The maximum absolute atomic E-state index is 12.6. The van der Waals surface area contributed by atoms with E-state index in [2.05, 4.69) is 20.5 Å². The SMILES string of the molecule is O=C(Nc1ccccc1/C=C/c1n[nH]c2ccccc12)c1cccnc1C(=O)O. The Morgan fingerprint density at radius 3 is 2.62 bits per heavy atom. The number of para-hydroxylation sites is 2. The van der Waals surface area contributed by atoms with Gasteiger partial charge in [-0.25, -0.2) is 9.78 Å². The Balaban J connectivity index is 1.62. The van der Waals surface area contributed by atoms with Gasteiger partial charge in [0, 0.05) is 17.3 Å². The molecule has 4 aromatic rings. The highest BCUT2D eigenvalue weighted by molar-refractivity contribution is 6.10. The smallest absolute Gasteiger partial charge is 0.355 e. The Labute approximate surface area is 165 Å². The molecule has 2 aromatic carbocycles. The fraction of sp³-hybridized carbons (Fsp3) is 0. The Morgan fingerprint density at radius 1 is 0.966 bits per heavy atom. The summed E-state index contributed by atoms with van der Waals surface area (Å²) in [4.78, 5) is 27.7. The Hall–Kier alpha value is -4.26. The molecule has 4 rings (SSSR count). The number of rotatable bonds is 5. The van der Waals surface area contributed by atoms with Gasteiger partial charge in [-0.1, -0.05) is 42.5 Å². The number of benzene rings is 2. The fourth-order valence-electron chi connectivity index (χ4n) is 2.99. The molecule has 0 spiro atoms. The number of aromatic nitrogens is 3. The zero-order valence-electron chi connectivity index (χ0n) is 15.2. The number of nitrogens with zero attached hydrogens (tertiary/aromatic N) is 2. The van der Waals surface area contributed by atoms with Crippen LogP contribution >= 0.6 is 0 Å². The summed E-state index contributed by atoms with van der Waals surface area (Å²) in [7, 11) is 0. The largest absolute Gasteiger partial charge is 0.476 e. The molecule has 1 amide bonds. The van der Waals surface area contributed by atoms with Crippen LogP contribution < -0.4 is 5.32 Å². The van der Waals surface area contributed by atoms with Crippen LogP contribution in [0, 0.1) is 0 Å². The Bertz CT molecular complexity index is 1240. The van der Waals surface area contributed by atoms with E-state index in [9.17, 15) is 14.7 Å². The van der Waals surface area contributed by atoms with E-state index in [4.69, 9.17) is 0 Å². The van der Waals surface area contributed by atoms with Gasteiger partial charge in [0.1, 0.15) is 0 Å². The lowest BCUT2D eigenvalue weighted by Crippen LogP contribution is -2.18. The summed E-state index contributed by atoms with van der Waals surface area (Å²) in [6.07, 6.45) is 5.04. The van der Waals surface area contributed by atoms with Crippen LogP contribution in [0.15, 0.2) is 66.9 Å². The van der Waals surface area contributed by atoms with Crippen molar-refractivity contribution in [3.8, 4) is 0 Å². The van der Waals surface area contributed by atoms with Gasteiger partial charge in [-0.3, -0.25) is 9.89 Å². The minimum Gasteiger partial charge on any atom is -0.476 e. The number of amides is 1. The van der Waals surface area contributed by atoms with E-state index in [0.717, 1.165) is 22.2 Å². The van der Waals surface area contributed by atoms with Gasteiger partial charge in [-0.2, -0.15) is 5.10 Å². The Morgan fingerprint density at radius 2 is 1.76 bits per heavy atom. The molecule has 7 nitrogen and oxygen atoms in total. The third kappa shape index (κ3) is 3.74. The molecule has 2 heterocycles. The number of hydrogen-bond donors (Lipinski definition) is 3. The predicted molar refractivity (Wildman–Crippen MR) is 111 cm³/mol. The van der Waals surface area contributed by atoms with E-state index < -0.39 is 11.9 Å². The average Bonchev–Trinajstić information content (AvgIpc) is 3.16. The van der Waals surface area contributed by atoms with Crippen LogP contribution in [0.25, 0.3) is 23.1 Å². The molecule has 0 bridgehead atoms. The van der Waals surface area contributed by atoms with E-state index in [1.807, 2.05) is 48.6 Å². The van der Waals surface area contributed by atoms with E-state index >= 15 is 0 Å². The number of carbonyl (C=O) groups excluding carboxylic acids is 1. The molecule has 29 heavy (non-hydrogen) atoms. The molecule has 0 aliphatic heterocycles. The van der Waals surface area contributed by atoms with Gasteiger partial charge in [0.05, 0.1) is 16.8 Å². The normalized spacial score (nSPS) is 11.0. The van der Waals surface area contributed by atoms with Gasteiger partial charge in [-0.15, -0.1) is 0 Å². The molecule has 0 atom stereocenters. The molecule has 7 heteroatoms. The van der Waals surface area contributed by atoms with Crippen LogP contribution in [0.1, 0.15) is 32.1 Å². The standard InChI is InChI=1S/C22H16N4O3/c27-21(16-8-5-13-23-20(16)22(28)29)24-17-9-3-1-6-14(17)11-12-19-15-7-2-4-10-18(15)25-26-19/h1-13H,(H,24,27)(H,25,26)(H,28,29)/b12-11+. The van der Waals surface area contributed by atoms with E-state index in [0.29, 0.717) is 5.69 Å². The van der Waals surface area contributed by atoms with Crippen LogP contribution in [-0.2, 0) is 0 Å². The van der Waals surface area contributed by atoms with E-state index in [-0.39, 0.29) is 11.3 Å². The maximum atomic E-state index is 12.6. The number of carboxylic acids is 1. The van der Waals surface area contributed by atoms with Crippen molar-refractivity contribution in [1.29, 1.82) is 0 Å². The molecule has 0 saturated heterocycles. The summed E-state index contributed by atoms with van der Waals surface area (Å²) in [6.45, 7) is 0. The second-order valence-corrected chi connectivity index (χ2v) is 6.23. The third-order valence-electron chi connectivity index (χ3n) is 4.38. The van der Waals surface area contributed by atoms with Crippen LogP contribution in [0.2, 0.25) is 0 Å². The number of nitrogens with one attached hydrogen (secondary N) is 2. The minimum atomic E-state index is -1.26. The first-order valence-electron chi connectivity index (χ1n) is 8.83.